The second-order valence-corrected chi connectivity index (χ2v) is 7.92. The number of esters is 1. The molecular weight excluding hydrogens is 401 g/mol. The highest BCUT2D eigenvalue weighted by Gasteiger charge is 2.30. The van der Waals surface area contributed by atoms with Crippen LogP contribution < -0.4 is 10.1 Å². The van der Waals surface area contributed by atoms with Gasteiger partial charge in [0, 0.05) is 26.7 Å². The Labute approximate surface area is 173 Å². The second kappa shape index (κ2) is 7.86. The van der Waals surface area contributed by atoms with Gasteiger partial charge in [-0.05, 0) is 50.3 Å². The SMILES string of the molecule is COC(=O)C(C)(C)COc1ccc(Cl)cc1/C=C1\C(=O)Nc2cc(Cl)ccc21. The van der Waals surface area contributed by atoms with E-state index < -0.39 is 5.41 Å². The number of hydrogen-bond acceptors (Lipinski definition) is 4. The first-order chi connectivity index (χ1) is 13.2. The summed E-state index contributed by atoms with van der Waals surface area (Å²) in [6, 6.07) is 10.3. The zero-order chi connectivity index (χ0) is 20.5. The van der Waals surface area contributed by atoms with Crippen molar-refractivity contribution >= 4 is 52.4 Å². The number of methoxy groups -OCH3 is 1. The van der Waals surface area contributed by atoms with Crippen LogP contribution >= 0.6 is 23.2 Å². The van der Waals surface area contributed by atoms with Crippen LogP contribution in [-0.2, 0) is 14.3 Å². The van der Waals surface area contributed by atoms with E-state index in [9.17, 15) is 9.59 Å². The highest BCUT2D eigenvalue weighted by atomic mass is 35.5. The first-order valence-electron chi connectivity index (χ1n) is 8.55. The molecule has 0 aromatic heterocycles. The van der Waals surface area contributed by atoms with Crippen molar-refractivity contribution in [1.29, 1.82) is 0 Å². The molecule has 7 heteroatoms. The van der Waals surface area contributed by atoms with Gasteiger partial charge in [-0.25, -0.2) is 0 Å². The molecule has 0 radical (unpaired) electrons. The molecule has 2 aromatic rings. The van der Waals surface area contributed by atoms with E-state index >= 15 is 0 Å². The van der Waals surface area contributed by atoms with E-state index in [1.807, 2.05) is 0 Å². The van der Waals surface area contributed by atoms with Gasteiger partial charge in [-0.2, -0.15) is 0 Å². The Hall–Kier alpha value is -2.50. The van der Waals surface area contributed by atoms with E-state index in [0.717, 1.165) is 5.56 Å². The molecule has 2 aromatic carbocycles. The number of halogens is 2. The summed E-state index contributed by atoms with van der Waals surface area (Å²) in [7, 11) is 1.34. The van der Waals surface area contributed by atoms with Crippen LogP contribution in [0.25, 0.3) is 11.6 Å². The number of carbonyl (C=O) groups is 2. The van der Waals surface area contributed by atoms with Crippen LogP contribution in [0.4, 0.5) is 5.69 Å². The van der Waals surface area contributed by atoms with E-state index in [0.29, 0.717) is 32.6 Å². The van der Waals surface area contributed by atoms with Crippen molar-refractivity contribution in [2.45, 2.75) is 13.8 Å². The fraction of sp³-hybridized carbons (Fsp3) is 0.238. The monoisotopic (exact) mass is 419 g/mol. The summed E-state index contributed by atoms with van der Waals surface area (Å²) in [6.45, 7) is 3.57. The lowest BCUT2D eigenvalue weighted by atomic mass is 9.95. The third kappa shape index (κ3) is 4.16. The number of benzene rings is 2. The Morgan fingerprint density at radius 1 is 1.14 bits per heavy atom. The molecule has 0 saturated heterocycles. The number of hydrogen-bond donors (Lipinski definition) is 1. The zero-order valence-electron chi connectivity index (χ0n) is 15.6. The summed E-state index contributed by atoms with van der Waals surface area (Å²) in [4.78, 5) is 24.3. The minimum Gasteiger partial charge on any atom is -0.492 e. The third-order valence-corrected chi connectivity index (χ3v) is 4.83. The fourth-order valence-corrected chi connectivity index (χ4v) is 3.18. The summed E-state index contributed by atoms with van der Waals surface area (Å²) in [5, 5.41) is 3.83. The highest BCUT2D eigenvalue weighted by Crippen LogP contribution is 2.37. The van der Waals surface area contributed by atoms with Crippen LogP contribution in [0, 0.1) is 5.41 Å². The maximum atomic E-state index is 12.4. The number of carbonyl (C=O) groups excluding carboxylic acids is 2. The van der Waals surface area contributed by atoms with Crippen molar-refractivity contribution in [3.63, 3.8) is 0 Å². The normalized spacial score (nSPS) is 14.6. The Morgan fingerprint density at radius 3 is 2.54 bits per heavy atom. The van der Waals surface area contributed by atoms with Gasteiger partial charge in [-0.3, -0.25) is 9.59 Å². The largest absolute Gasteiger partial charge is 0.492 e. The Kier molecular flexibility index (Phi) is 5.68. The number of amides is 1. The maximum Gasteiger partial charge on any atom is 0.314 e. The molecule has 1 N–H and O–H groups in total. The topological polar surface area (TPSA) is 64.6 Å². The number of ether oxygens (including phenoxy) is 2. The van der Waals surface area contributed by atoms with E-state index in [4.69, 9.17) is 32.7 Å². The number of fused-ring (bicyclic) bond motifs is 1. The molecule has 28 heavy (non-hydrogen) atoms. The predicted molar refractivity (Wildman–Crippen MR) is 111 cm³/mol. The van der Waals surface area contributed by atoms with E-state index in [1.54, 1.807) is 56.3 Å². The Balaban J connectivity index is 1.95. The van der Waals surface area contributed by atoms with Gasteiger partial charge in [0.25, 0.3) is 5.91 Å². The van der Waals surface area contributed by atoms with Crippen LogP contribution in [0.5, 0.6) is 5.75 Å². The minimum absolute atomic E-state index is 0.107. The van der Waals surface area contributed by atoms with Crippen molar-refractivity contribution in [3.05, 3.63) is 57.6 Å². The average Bonchev–Trinajstić information content (AvgIpc) is 2.94. The van der Waals surface area contributed by atoms with Gasteiger partial charge < -0.3 is 14.8 Å². The summed E-state index contributed by atoms with van der Waals surface area (Å²) in [5.41, 5.74) is 1.68. The van der Waals surface area contributed by atoms with E-state index in [1.165, 1.54) is 7.11 Å². The van der Waals surface area contributed by atoms with Crippen molar-refractivity contribution in [2.75, 3.05) is 19.0 Å². The Morgan fingerprint density at radius 2 is 1.82 bits per heavy atom. The van der Waals surface area contributed by atoms with Crippen LogP contribution in [0.3, 0.4) is 0 Å². The van der Waals surface area contributed by atoms with Gasteiger partial charge in [0.1, 0.15) is 12.4 Å². The van der Waals surface area contributed by atoms with Gasteiger partial charge in [0.15, 0.2) is 0 Å². The molecular formula is C21H19Cl2NO4. The average molecular weight is 420 g/mol. The minimum atomic E-state index is -0.827. The second-order valence-electron chi connectivity index (χ2n) is 7.05. The molecule has 1 amide bonds. The van der Waals surface area contributed by atoms with Crippen LogP contribution in [0.15, 0.2) is 36.4 Å². The molecule has 0 aliphatic carbocycles. The third-order valence-electron chi connectivity index (χ3n) is 4.36. The molecule has 146 valence electrons. The molecule has 0 unspecified atom stereocenters. The van der Waals surface area contributed by atoms with Crippen LogP contribution in [0.2, 0.25) is 10.0 Å². The van der Waals surface area contributed by atoms with Gasteiger partial charge in [-0.15, -0.1) is 0 Å². The lowest BCUT2D eigenvalue weighted by Crippen LogP contribution is -2.32. The summed E-state index contributed by atoms with van der Waals surface area (Å²) >= 11 is 12.1. The smallest absolute Gasteiger partial charge is 0.314 e. The molecule has 3 rings (SSSR count). The summed E-state index contributed by atoms with van der Waals surface area (Å²) in [5.74, 6) is -0.107. The van der Waals surface area contributed by atoms with Crippen molar-refractivity contribution in [2.24, 2.45) is 5.41 Å². The molecule has 0 saturated carbocycles. The first-order valence-corrected chi connectivity index (χ1v) is 9.30. The van der Waals surface area contributed by atoms with Crippen molar-refractivity contribution in [1.82, 2.24) is 0 Å². The molecule has 0 atom stereocenters. The molecule has 1 heterocycles. The standard InChI is InChI=1S/C21H19Cl2NO4/c1-21(2,20(26)27-3)11-28-18-7-5-13(22)8-12(18)9-16-15-6-4-14(23)10-17(15)24-19(16)25/h4-10H,11H2,1-3H3,(H,24,25)/b16-9-. The molecule has 5 nitrogen and oxygen atoms in total. The Bertz CT molecular complexity index is 982. The maximum absolute atomic E-state index is 12.4. The van der Waals surface area contributed by atoms with Gasteiger partial charge >= 0.3 is 5.97 Å². The fourth-order valence-electron chi connectivity index (χ4n) is 2.82. The highest BCUT2D eigenvalue weighted by molar-refractivity contribution is 6.37. The quantitative estimate of drug-likeness (QED) is 0.542. The lowest BCUT2D eigenvalue weighted by molar-refractivity contribution is -0.152. The van der Waals surface area contributed by atoms with Gasteiger partial charge in [0.2, 0.25) is 0 Å². The molecule has 1 aliphatic rings. The molecule has 1 aliphatic heterocycles. The van der Waals surface area contributed by atoms with Crippen molar-refractivity contribution < 1.29 is 19.1 Å². The van der Waals surface area contributed by atoms with Gasteiger partial charge in [-0.1, -0.05) is 29.3 Å². The van der Waals surface area contributed by atoms with Crippen molar-refractivity contribution in [3.8, 4) is 5.75 Å². The summed E-state index contributed by atoms with van der Waals surface area (Å²) < 4.78 is 10.7. The summed E-state index contributed by atoms with van der Waals surface area (Å²) in [6.07, 6.45) is 1.71. The predicted octanol–water partition coefficient (Wildman–Crippen LogP) is 5.06. The van der Waals surface area contributed by atoms with Crippen LogP contribution in [0.1, 0.15) is 25.0 Å². The first kappa shape index (κ1) is 20.2. The van der Waals surface area contributed by atoms with E-state index in [-0.39, 0.29) is 18.5 Å². The van der Waals surface area contributed by atoms with E-state index in [2.05, 4.69) is 5.32 Å². The number of rotatable bonds is 5. The molecule has 0 fully saturated rings. The number of anilines is 1. The number of nitrogens with one attached hydrogen (secondary N) is 1. The zero-order valence-corrected chi connectivity index (χ0v) is 17.1. The van der Waals surface area contributed by atoms with Crippen LogP contribution in [-0.4, -0.2) is 25.6 Å². The molecule has 0 spiro atoms. The molecule has 0 bridgehead atoms. The van der Waals surface area contributed by atoms with Gasteiger partial charge in [0.05, 0.1) is 18.2 Å². The lowest BCUT2D eigenvalue weighted by Gasteiger charge is -2.22.